The molecule has 0 bridgehead atoms. The third-order valence-corrected chi connectivity index (χ3v) is 10.5. The van der Waals surface area contributed by atoms with Crippen LogP contribution in [0.2, 0.25) is 0 Å². The van der Waals surface area contributed by atoms with Gasteiger partial charge in [0.15, 0.2) is 0 Å². The summed E-state index contributed by atoms with van der Waals surface area (Å²) in [5, 5.41) is 7.84. The van der Waals surface area contributed by atoms with Gasteiger partial charge in [-0.05, 0) is 68.1 Å². The summed E-state index contributed by atoms with van der Waals surface area (Å²) in [7, 11) is -7.84. The zero-order valence-corrected chi connectivity index (χ0v) is 24.6. The van der Waals surface area contributed by atoms with Crippen molar-refractivity contribution in [1.82, 2.24) is 18.7 Å². The lowest BCUT2D eigenvalue weighted by Crippen LogP contribution is -2.32. The highest BCUT2D eigenvalue weighted by Gasteiger charge is 2.36. The van der Waals surface area contributed by atoms with E-state index in [4.69, 9.17) is 0 Å². The van der Waals surface area contributed by atoms with E-state index in [2.05, 4.69) is 32.3 Å². The van der Waals surface area contributed by atoms with Crippen LogP contribution in [0.4, 0.5) is 0 Å². The van der Waals surface area contributed by atoms with E-state index < -0.39 is 20.0 Å². The molecule has 1 fully saturated rings. The molecule has 1 atom stereocenters. The second-order valence-electron chi connectivity index (χ2n) is 9.68. The summed E-state index contributed by atoms with van der Waals surface area (Å²) in [5.74, 6) is 0.0557. The average molecular weight is 628 g/mol. The molecule has 1 aliphatic rings. The Kier molecular flexibility index (Phi) is 7.60. The van der Waals surface area contributed by atoms with E-state index in [1.165, 1.54) is 22.6 Å². The largest absolute Gasteiger partial charge is 0.284 e. The quantitative estimate of drug-likeness (QED) is 0.253. The molecule has 11 heteroatoms. The molecular weight excluding hydrogens is 600 g/mol. The summed E-state index contributed by atoms with van der Waals surface area (Å²) >= 11 is 3.44. The highest BCUT2D eigenvalue weighted by molar-refractivity contribution is 9.10. The standard InChI is InChI=1S/C28H27BrN4O4S2/c1-20-3-11-27(12-4-20)38(34,35)32(17-24-16-23(24)15-22-7-9-25(29)10-8-22)18-26-19-33(31-30-26)39(36,37)28-13-5-21(2)6-14-28/h3-15,19,24H,16-18H2,1-2H3/b23-15+. The van der Waals surface area contributed by atoms with Crippen LogP contribution in [-0.4, -0.2) is 42.1 Å². The molecule has 1 aliphatic carbocycles. The zero-order valence-electron chi connectivity index (χ0n) is 21.4. The summed E-state index contributed by atoms with van der Waals surface area (Å²) in [5.41, 5.74) is 4.32. The second kappa shape index (κ2) is 10.8. The van der Waals surface area contributed by atoms with Crippen molar-refractivity contribution in [1.29, 1.82) is 0 Å². The van der Waals surface area contributed by atoms with Crippen molar-refractivity contribution >= 4 is 42.1 Å². The van der Waals surface area contributed by atoms with E-state index in [0.717, 1.165) is 37.2 Å². The fraction of sp³-hybridized carbons (Fsp3) is 0.214. The lowest BCUT2D eigenvalue weighted by Gasteiger charge is -2.21. The maximum absolute atomic E-state index is 13.7. The third-order valence-electron chi connectivity index (χ3n) is 6.58. The number of rotatable bonds is 9. The number of sulfonamides is 1. The van der Waals surface area contributed by atoms with Gasteiger partial charge in [-0.3, -0.25) is 0 Å². The molecular formula is C28H27BrN4O4S2. The van der Waals surface area contributed by atoms with Gasteiger partial charge in [-0.1, -0.05) is 80.3 Å². The fourth-order valence-corrected chi connectivity index (χ4v) is 6.99. The second-order valence-corrected chi connectivity index (χ2v) is 14.3. The van der Waals surface area contributed by atoms with Gasteiger partial charge in [0.1, 0.15) is 0 Å². The average Bonchev–Trinajstić information content (AvgIpc) is 3.44. The van der Waals surface area contributed by atoms with Gasteiger partial charge < -0.3 is 0 Å². The van der Waals surface area contributed by atoms with Crippen LogP contribution in [0.15, 0.2) is 98.8 Å². The predicted molar refractivity (Wildman–Crippen MR) is 153 cm³/mol. The molecule has 1 aromatic heterocycles. The van der Waals surface area contributed by atoms with Crippen molar-refractivity contribution in [2.75, 3.05) is 6.54 Å². The van der Waals surface area contributed by atoms with Crippen molar-refractivity contribution < 1.29 is 16.8 Å². The van der Waals surface area contributed by atoms with E-state index in [0.29, 0.717) is 0 Å². The topological polar surface area (TPSA) is 102 Å². The summed E-state index contributed by atoms with van der Waals surface area (Å²) in [4.78, 5) is 0.251. The number of hydrogen-bond acceptors (Lipinski definition) is 6. The first kappa shape index (κ1) is 27.4. The van der Waals surface area contributed by atoms with Gasteiger partial charge in [-0.25, -0.2) is 8.42 Å². The number of nitrogens with zero attached hydrogens (tertiary/aromatic N) is 4. The van der Waals surface area contributed by atoms with Crippen molar-refractivity contribution in [2.45, 2.75) is 36.6 Å². The Hall–Kier alpha value is -3.12. The Bertz CT molecular complexity index is 1730. The van der Waals surface area contributed by atoms with E-state index in [9.17, 15) is 16.8 Å². The molecule has 0 N–H and O–H groups in total. The molecule has 4 aromatic rings. The van der Waals surface area contributed by atoms with Gasteiger partial charge in [0.05, 0.1) is 28.2 Å². The minimum atomic E-state index is -3.96. The molecule has 3 aromatic carbocycles. The van der Waals surface area contributed by atoms with Gasteiger partial charge in [-0.2, -0.15) is 12.7 Å². The molecule has 1 heterocycles. The minimum Gasteiger partial charge on any atom is -0.207 e. The normalized spacial score (nSPS) is 16.6. The Labute approximate surface area is 237 Å². The highest BCUT2D eigenvalue weighted by atomic mass is 79.9. The zero-order chi connectivity index (χ0) is 27.8. The predicted octanol–water partition coefficient (Wildman–Crippen LogP) is 5.19. The van der Waals surface area contributed by atoms with Crippen LogP contribution in [0.3, 0.4) is 0 Å². The number of aromatic nitrogens is 3. The molecule has 0 amide bonds. The van der Waals surface area contributed by atoms with Crippen LogP contribution in [-0.2, 0) is 26.6 Å². The minimum absolute atomic E-state index is 0.0557. The molecule has 39 heavy (non-hydrogen) atoms. The van der Waals surface area contributed by atoms with Crippen molar-refractivity contribution in [3.8, 4) is 0 Å². The lowest BCUT2D eigenvalue weighted by molar-refractivity contribution is 0.391. The van der Waals surface area contributed by atoms with Gasteiger partial charge in [0.25, 0.3) is 10.0 Å². The number of hydrogen-bond donors (Lipinski definition) is 0. The Morgan fingerprint density at radius 3 is 2.10 bits per heavy atom. The SMILES string of the molecule is Cc1ccc(S(=O)(=O)N(Cc2cn(S(=O)(=O)c3ccc(C)cc3)nn2)CC2C/C2=C\c2ccc(Br)cc2)cc1. The highest BCUT2D eigenvalue weighted by Crippen LogP contribution is 2.41. The van der Waals surface area contributed by atoms with Gasteiger partial charge >= 0.3 is 0 Å². The van der Waals surface area contributed by atoms with Gasteiger partial charge in [0, 0.05) is 11.0 Å². The Morgan fingerprint density at radius 2 is 1.49 bits per heavy atom. The lowest BCUT2D eigenvalue weighted by atomic mass is 10.2. The fourth-order valence-electron chi connectivity index (χ4n) is 4.18. The van der Waals surface area contributed by atoms with E-state index >= 15 is 0 Å². The number of aryl methyl sites for hydroxylation is 2. The Morgan fingerprint density at radius 1 is 0.897 bits per heavy atom. The molecule has 202 valence electrons. The van der Waals surface area contributed by atoms with Crippen molar-refractivity contribution in [3.05, 3.63) is 111 Å². The summed E-state index contributed by atoms with van der Waals surface area (Å²) in [6.45, 7) is 3.90. The van der Waals surface area contributed by atoms with Crippen LogP contribution in [0.25, 0.3) is 6.08 Å². The molecule has 0 spiro atoms. The third kappa shape index (κ3) is 6.22. The molecule has 1 saturated carbocycles. The molecule has 8 nitrogen and oxygen atoms in total. The monoisotopic (exact) mass is 626 g/mol. The van der Waals surface area contributed by atoms with E-state index in [1.54, 1.807) is 36.4 Å². The first-order chi connectivity index (χ1) is 18.5. The summed E-state index contributed by atoms with van der Waals surface area (Å²) in [6.07, 6.45) is 4.14. The molecule has 0 saturated heterocycles. The van der Waals surface area contributed by atoms with Gasteiger partial charge in [0.2, 0.25) is 10.0 Å². The van der Waals surface area contributed by atoms with Crippen LogP contribution >= 0.6 is 15.9 Å². The van der Waals surface area contributed by atoms with Crippen LogP contribution in [0, 0.1) is 19.8 Å². The molecule has 1 unspecified atom stereocenters. The van der Waals surface area contributed by atoms with Crippen molar-refractivity contribution in [3.63, 3.8) is 0 Å². The number of benzene rings is 3. The molecule has 5 rings (SSSR count). The summed E-state index contributed by atoms with van der Waals surface area (Å²) < 4.78 is 56.6. The summed E-state index contributed by atoms with van der Waals surface area (Å²) in [6, 6.07) is 21.0. The molecule has 0 aliphatic heterocycles. The van der Waals surface area contributed by atoms with Crippen LogP contribution < -0.4 is 0 Å². The molecule has 0 radical (unpaired) electrons. The van der Waals surface area contributed by atoms with E-state index in [1.807, 2.05) is 38.1 Å². The van der Waals surface area contributed by atoms with Crippen LogP contribution in [0.1, 0.15) is 28.8 Å². The first-order valence-electron chi connectivity index (χ1n) is 12.3. The maximum atomic E-state index is 13.7. The Balaban J connectivity index is 1.41. The van der Waals surface area contributed by atoms with Gasteiger partial charge in [-0.15, -0.1) is 9.19 Å². The van der Waals surface area contributed by atoms with E-state index in [-0.39, 0.29) is 34.5 Å². The maximum Gasteiger partial charge on any atom is 0.284 e. The first-order valence-corrected chi connectivity index (χ1v) is 16.0. The number of halogens is 1. The van der Waals surface area contributed by atoms with Crippen molar-refractivity contribution in [2.24, 2.45) is 5.92 Å². The smallest absolute Gasteiger partial charge is 0.207 e. The van der Waals surface area contributed by atoms with Crippen LogP contribution in [0.5, 0.6) is 0 Å².